The van der Waals surface area contributed by atoms with Crippen LogP contribution in [0.1, 0.15) is 0 Å². The van der Waals surface area contributed by atoms with E-state index < -0.39 is 0 Å². The highest BCUT2D eigenvalue weighted by Crippen LogP contribution is 2.42. The molecule has 0 bridgehead atoms. The summed E-state index contributed by atoms with van der Waals surface area (Å²) in [7, 11) is 0. The Morgan fingerprint density at radius 1 is 0.543 bits per heavy atom. The monoisotopic (exact) mass is 467 g/mol. The third-order valence-corrected chi connectivity index (χ3v) is 7.46. The van der Waals surface area contributed by atoms with Gasteiger partial charge >= 0.3 is 0 Å². The highest BCUT2D eigenvalue weighted by molar-refractivity contribution is 6.31. The number of hydrogen-bond donors (Lipinski definition) is 0. The summed E-state index contributed by atoms with van der Waals surface area (Å²) < 4.78 is 8.81. The van der Waals surface area contributed by atoms with E-state index in [0.717, 1.165) is 27.6 Å². The summed E-state index contributed by atoms with van der Waals surface area (Å²) in [5.41, 5.74) is 5.03. The Balaban J connectivity index is 1.63. The van der Waals surface area contributed by atoms with Gasteiger partial charge in [-0.25, -0.2) is 0 Å². The van der Waals surface area contributed by atoms with Gasteiger partial charge in [0.15, 0.2) is 5.58 Å². The minimum Gasteiger partial charge on any atom is -0.454 e. The van der Waals surface area contributed by atoms with Crippen molar-refractivity contribution in [3.05, 3.63) is 114 Å². The van der Waals surface area contributed by atoms with Gasteiger partial charge in [0.25, 0.3) is 0 Å². The summed E-state index contributed by atoms with van der Waals surface area (Å²) in [6.45, 7) is 0. The highest BCUT2D eigenvalue weighted by Gasteiger charge is 2.20. The fourth-order valence-corrected chi connectivity index (χ4v) is 5.90. The summed E-state index contributed by atoms with van der Waals surface area (Å²) in [6, 6.07) is 38.4. The molecule has 0 spiro atoms. The van der Waals surface area contributed by atoms with Gasteiger partial charge in [0.05, 0.1) is 16.7 Å². The smallest absolute Gasteiger partial charge is 0.159 e. The molecule has 8 aromatic rings. The lowest BCUT2D eigenvalue weighted by Gasteiger charge is -2.09. The first-order valence-corrected chi connectivity index (χ1v) is 12.1. The van der Waals surface area contributed by atoms with Crippen LogP contribution in [0.5, 0.6) is 0 Å². The summed E-state index contributed by atoms with van der Waals surface area (Å²) in [6.07, 6.45) is 0. The Labute approximate surface area is 205 Å². The molecule has 164 valence electrons. The lowest BCUT2D eigenvalue weighted by atomic mass is 10.00. The van der Waals surface area contributed by atoms with E-state index >= 15 is 0 Å². The van der Waals surface area contributed by atoms with Crippen LogP contribution in [-0.4, -0.2) is 4.57 Å². The average molecular weight is 468 g/mol. The van der Waals surface area contributed by atoms with Crippen LogP contribution in [0.25, 0.3) is 71.0 Å². The van der Waals surface area contributed by atoms with Crippen LogP contribution in [0, 0.1) is 0 Å². The molecular weight excluding hydrogens is 450 g/mol. The number of rotatable bonds is 1. The number of furan rings is 1. The van der Waals surface area contributed by atoms with E-state index in [0.29, 0.717) is 5.02 Å². The topological polar surface area (TPSA) is 18.1 Å². The van der Waals surface area contributed by atoms with Crippen molar-refractivity contribution in [2.24, 2.45) is 0 Å². The van der Waals surface area contributed by atoms with Crippen LogP contribution >= 0.6 is 11.6 Å². The number of aromatic nitrogens is 1. The zero-order valence-electron chi connectivity index (χ0n) is 18.6. The first-order valence-electron chi connectivity index (χ1n) is 11.7. The second kappa shape index (κ2) is 6.88. The second-order valence-electron chi connectivity index (χ2n) is 9.09. The molecule has 8 rings (SSSR count). The lowest BCUT2D eigenvalue weighted by molar-refractivity contribution is 0.666. The van der Waals surface area contributed by atoms with Gasteiger partial charge in [-0.3, -0.25) is 0 Å². The van der Waals surface area contributed by atoms with Crippen molar-refractivity contribution in [2.75, 3.05) is 0 Å². The van der Waals surface area contributed by atoms with E-state index in [1.54, 1.807) is 0 Å². The van der Waals surface area contributed by atoms with Crippen molar-refractivity contribution in [3.8, 4) is 5.69 Å². The number of hydrogen-bond acceptors (Lipinski definition) is 1. The number of halogens is 1. The van der Waals surface area contributed by atoms with Gasteiger partial charge in [0, 0.05) is 32.6 Å². The van der Waals surface area contributed by atoms with Crippen molar-refractivity contribution in [3.63, 3.8) is 0 Å². The van der Waals surface area contributed by atoms with Gasteiger partial charge in [0.2, 0.25) is 0 Å². The van der Waals surface area contributed by atoms with Gasteiger partial charge in [-0.15, -0.1) is 0 Å². The summed E-state index contributed by atoms with van der Waals surface area (Å²) >= 11 is 6.29. The van der Waals surface area contributed by atoms with E-state index in [2.05, 4.69) is 95.6 Å². The maximum Gasteiger partial charge on any atom is 0.159 e. The van der Waals surface area contributed by atoms with Crippen LogP contribution in [0.15, 0.2) is 114 Å². The quantitative estimate of drug-likeness (QED) is 0.235. The molecule has 0 saturated carbocycles. The van der Waals surface area contributed by atoms with Gasteiger partial charge < -0.3 is 8.98 Å². The van der Waals surface area contributed by atoms with Crippen molar-refractivity contribution in [1.82, 2.24) is 4.57 Å². The Morgan fingerprint density at radius 3 is 1.86 bits per heavy atom. The van der Waals surface area contributed by atoms with Gasteiger partial charge in [-0.1, -0.05) is 84.4 Å². The van der Waals surface area contributed by atoms with Crippen molar-refractivity contribution in [1.29, 1.82) is 0 Å². The minimum atomic E-state index is 0.674. The standard InChI is InChI=1S/C32H18ClNO/c33-21-14-15-24-25-10-5-11-28(32(25)35-29(24)18-21)34-26-16-12-19-6-1-3-8-22(19)30(26)31-23-9-4-2-7-20(23)13-17-27(31)34/h1-18H. The van der Waals surface area contributed by atoms with E-state index in [4.69, 9.17) is 16.0 Å². The molecule has 0 aliphatic carbocycles. The molecule has 0 radical (unpaired) electrons. The van der Waals surface area contributed by atoms with E-state index in [9.17, 15) is 0 Å². The third-order valence-electron chi connectivity index (χ3n) is 7.23. The molecule has 2 nitrogen and oxygen atoms in total. The number of benzene rings is 6. The maximum atomic E-state index is 6.46. The zero-order chi connectivity index (χ0) is 23.1. The molecule has 0 N–H and O–H groups in total. The Kier molecular flexibility index (Phi) is 3.75. The Morgan fingerprint density at radius 2 is 1.17 bits per heavy atom. The molecule has 0 atom stereocenters. The summed E-state index contributed by atoms with van der Waals surface area (Å²) in [4.78, 5) is 0. The van der Waals surface area contributed by atoms with Crippen LogP contribution in [0.4, 0.5) is 0 Å². The molecule has 0 aliphatic heterocycles. The largest absolute Gasteiger partial charge is 0.454 e. The number of para-hydroxylation sites is 1. The molecule has 2 heterocycles. The SMILES string of the molecule is Clc1ccc2c(c1)oc1c(-n3c4ccc5ccccc5c4c4c5ccccc5ccc43)cccc12. The van der Waals surface area contributed by atoms with Gasteiger partial charge in [-0.2, -0.15) is 0 Å². The predicted octanol–water partition coefficient (Wildman–Crippen LogP) is 9.64. The van der Waals surface area contributed by atoms with Crippen LogP contribution in [0.3, 0.4) is 0 Å². The molecule has 3 heteroatoms. The van der Waals surface area contributed by atoms with Crippen molar-refractivity contribution in [2.45, 2.75) is 0 Å². The second-order valence-corrected chi connectivity index (χ2v) is 9.53. The van der Waals surface area contributed by atoms with Crippen molar-refractivity contribution >= 4 is 76.9 Å². The fourth-order valence-electron chi connectivity index (χ4n) is 5.74. The number of fused-ring (bicyclic) bond motifs is 10. The van der Waals surface area contributed by atoms with Gasteiger partial charge in [0.1, 0.15) is 5.58 Å². The molecule has 0 fully saturated rings. The minimum absolute atomic E-state index is 0.674. The molecular formula is C32H18ClNO. The molecule has 2 aromatic heterocycles. The highest BCUT2D eigenvalue weighted by atomic mass is 35.5. The summed E-state index contributed by atoms with van der Waals surface area (Å²) in [5, 5.41) is 10.4. The Hall–Kier alpha value is -4.27. The third kappa shape index (κ3) is 2.55. The van der Waals surface area contributed by atoms with E-state index in [1.807, 2.05) is 18.2 Å². The van der Waals surface area contributed by atoms with Crippen LogP contribution < -0.4 is 0 Å². The normalized spacial score (nSPS) is 12.1. The van der Waals surface area contributed by atoms with E-state index in [1.165, 1.54) is 43.4 Å². The first-order chi connectivity index (χ1) is 17.3. The molecule has 0 amide bonds. The van der Waals surface area contributed by atoms with Crippen molar-refractivity contribution < 1.29 is 4.42 Å². The molecule has 6 aromatic carbocycles. The zero-order valence-corrected chi connectivity index (χ0v) is 19.4. The van der Waals surface area contributed by atoms with E-state index in [-0.39, 0.29) is 0 Å². The lowest BCUT2D eigenvalue weighted by Crippen LogP contribution is -1.94. The first kappa shape index (κ1) is 19.1. The molecule has 0 unspecified atom stereocenters. The average Bonchev–Trinajstić information content (AvgIpc) is 3.44. The molecule has 35 heavy (non-hydrogen) atoms. The fraction of sp³-hybridized carbons (Fsp3) is 0. The summed E-state index contributed by atoms with van der Waals surface area (Å²) in [5.74, 6) is 0. The van der Waals surface area contributed by atoms with Crippen LogP contribution in [-0.2, 0) is 0 Å². The molecule has 0 saturated heterocycles. The predicted molar refractivity (Wildman–Crippen MR) is 148 cm³/mol. The Bertz CT molecular complexity index is 2040. The van der Waals surface area contributed by atoms with Gasteiger partial charge in [-0.05, 0) is 51.9 Å². The molecule has 0 aliphatic rings. The number of nitrogens with zero attached hydrogens (tertiary/aromatic N) is 1. The van der Waals surface area contributed by atoms with Crippen LogP contribution in [0.2, 0.25) is 5.02 Å². The maximum absolute atomic E-state index is 6.46.